The molecule has 0 saturated carbocycles. The number of nitrogens with zero attached hydrogens (tertiary/aromatic N) is 3. The van der Waals surface area contributed by atoms with Gasteiger partial charge in [0.25, 0.3) is 0 Å². The zero-order valence-electron chi connectivity index (χ0n) is 17.0. The van der Waals surface area contributed by atoms with Crippen molar-refractivity contribution in [2.75, 3.05) is 46.4 Å². The van der Waals surface area contributed by atoms with Crippen LogP contribution in [-0.2, 0) is 11.2 Å². The highest BCUT2D eigenvalue weighted by molar-refractivity contribution is 7.11. The highest BCUT2D eigenvalue weighted by atomic mass is 32.1. The van der Waals surface area contributed by atoms with Gasteiger partial charge in [-0.15, -0.1) is 11.3 Å². The molecule has 2 heterocycles. The van der Waals surface area contributed by atoms with Crippen LogP contribution in [-0.4, -0.2) is 68.3 Å². The molecule has 0 radical (unpaired) electrons. The zero-order valence-corrected chi connectivity index (χ0v) is 17.8. The summed E-state index contributed by atoms with van der Waals surface area (Å²) in [6.07, 6.45) is 2.11. The Balaban J connectivity index is 1.79. The van der Waals surface area contributed by atoms with Crippen LogP contribution >= 0.6 is 11.3 Å². The first-order valence-corrected chi connectivity index (χ1v) is 10.5. The fourth-order valence-corrected chi connectivity index (χ4v) is 4.15. The molecule has 0 bridgehead atoms. The van der Waals surface area contributed by atoms with Gasteiger partial charge in [-0.1, -0.05) is 13.8 Å². The fourth-order valence-electron chi connectivity index (χ4n) is 3.22. The van der Waals surface area contributed by atoms with E-state index in [0.717, 1.165) is 57.5 Å². The maximum absolute atomic E-state index is 5.50. The van der Waals surface area contributed by atoms with Crippen molar-refractivity contribution in [1.29, 1.82) is 0 Å². The molecule has 26 heavy (non-hydrogen) atoms. The van der Waals surface area contributed by atoms with Crippen LogP contribution in [0.25, 0.3) is 0 Å². The number of hydrogen-bond acceptors (Lipinski definition) is 5. The third-order valence-corrected chi connectivity index (χ3v) is 5.87. The Morgan fingerprint density at radius 3 is 2.58 bits per heavy atom. The fraction of sp³-hybridized carbons (Fsp3) is 0.789. The lowest BCUT2D eigenvalue weighted by Gasteiger charge is -2.35. The predicted molar refractivity (Wildman–Crippen MR) is 110 cm³/mol. The summed E-state index contributed by atoms with van der Waals surface area (Å²) in [7, 11) is 1.83. The Labute approximate surface area is 162 Å². The average Bonchev–Trinajstić information content (AvgIpc) is 2.95. The molecule has 1 aliphatic rings. The summed E-state index contributed by atoms with van der Waals surface area (Å²) in [6, 6.07) is 0.515. The summed E-state index contributed by atoms with van der Waals surface area (Å²) in [6.45, 7) is 14.3. The monoisotopic (exact) mass is 381 g/mol. The van der Waals surface area contributed by atoms with E-state index in [0.29, 0.717) is 12.0 Å². The molecule has 2 N–H and O–H groups in total. The second kappa shape index (κ2) is 10.8. The Bertz CT molecular complexity index is 547. The number of aliphatic imine (C=N–C) groups is 1. The van der Waals surface area contributed by atoms with Crippen molar-refractivity contribution in [3.8, 4) is 0 Å². The minimum atomic E-state index is 0.515. The molecule has 1 atom stereocenters. The lowest BCUT2D eigenvalue weighted by molar-refractivity contribution is 0.0132. The van der Waals surface area contributed by atoms with Crippen molar-refractivity contribution in [3.63, 3.8) is 0 Å². The van der Waals surface area contributed by atoms with Crippen molar-refractivity contribution in [3.05, 3.63) is 15.6 Å². The molecule has 1 aliphatic heterocycles. The largest absolute Gasteiger partial charge is 0.379 e. The maximum atomic E-state index is 5.50. The standard InChI is InChI=1S/C19H35N5OS/c1-14(2)12-17(24-8-10-25-11-9-24)13-22-19(20-5)21-7-6-18-23-15(3)16(4)26-18/h14,17H,6-13H2,1-5H3,(H2,20,21,22). The first kappa shape index (κ1) is 21.1. The Morgan fingerprint density at radius 1 is 1.27 bits per heavy atom. The van der Waals surface area contributed by atoms with Crippen LogP contribution in [0.2, 0.25) is 0 Å². The summed E-state index contributed by atoms with van der Waals surface area (Å²) in [5.41, 5.74) is 1.15. The van der Waals surface area contributed by atoms with Gasteiger partial charge >= 0.3 is 0 Å². The molecule has 1 saturated heterocycles. The minimum absolute atomic E-state index is 0.515. The van der Waals surface area contributed by atoms with Crippen molar-refractivity contribution in [2.45, 2.75) is 46.6 Å². The molecule has 1 unspecified atom stereocenters. The number of rotatable bonds is 8. The number of morpholine rings is 1. The summed E-state index contributed by atoms with van der Waals surface area (Å²) < 4.78 is 5.50. The van der Waals surface area contributed by atoms with Crippen LogP contribution in [0.4, 0.5) is 0 Å². The van der Waals surface area contributed by atoms with Crippen molar-refractivity contribution in [1.82, 2.24) is 20.5 Å². The number of ether oxygens (including phenoxy) is 1. The lowest BCUT2D eigenvalue weighted by atomic mass is 10.0. The van der Waals surface area contributed by atoms with Crippen LogP contribution in [0.5, 0.6) is 0 Å². The highest BCUT2D eigenvalue weighted by Gasteiger charge is 2.22. The molecule has 6 nitrogen and oxygen atoms in total. The smallest absolute Gasteiger partial charge is 0.191 e. The van der Waals surface area contributed by atoms with Gasteiger partial charge in [0.2, 0.25) is 0 Å². The van der Waals surface area contributed by atoms with Gasteiger partial charge in [0, 0.05) is 50.6 Å². The van der Waals surface area contributed by atoms with Gasteiger partial charge in [-0.25, -0.2) is 4.98 Å². The van der Waals surface area contributed by atoms with Gasteiger partial charge in [-0.05, 0) is 26.2 Å². The summed E-state index contributed by atoms with van der Waals surface area (Å²) in [5.74, 6) is 1.55. The van der Waals surface area contributed by atoms with Crippen LogP contribution in [0, 0.1) is 19.8 Å². The van der Waals surface area contributed by atoms with E-state index in [2.05, 4.69) is 53.2 Å². The van der Waals surface area contributed by atoms with Crippen LogP contribution in [0.3, 0.4) is 0 Å². The lowest BCUT2D eigenvalue weighted by Crippen LogP contribution is -2.51. The number of aryl methyl sites for hydroxylation is 2. The van der Waals surface area contributed by atoms with Crippen molar-refractivity contribution in [2.24, 2.45) is 10.9 Å². The molecular formula is C19H35N5OS. The first-order chi connectivity index (χ1) is 12.5. The summed E-state index contributed by atoms with van der Waals surface area (Å²) in [4.78, 5) is 12.8. The molecule has 1 aromatic rings. The molecule has 148 valence electrons. The van der Waals surface area contributed by atoms with Crippen molar-refractivity contribution < 1.29 is 4.74 Å². The third kappa shape index (κ3) is 6.85. The second-order valence-corrected chi connectivity index (χ2v) is 8.60. The van der Waals surface area contributed by atoms with E-state index >= 15 is 0 Å². The van der Waals surface area contributed by atoms with Gasteiger partial charge in [-0.3, -0.25) is 9.89 Å². The predicted octanol–water partition coefficient (Wildman–Crippen LogP) is 2.21. The number of guanidine groups is 1. The van der Waals surface area contributed by atoms with E-state index in [4.69, 9.17) is 4.74 Å². The van der Waals surface area contributed by atoms with E-state index < -0.39 is 0 Å². The van der Waals surface area contributed by atoms with E-state index in [1.54, 1.807) is 11.3 Å². The van der Waals surface area contributed by atoms with E-state index in [1.807, 2.05) is 7.05 Å². The number of hydrogen-bond donors (Lipinski definition) is 2. The molecule has 0 aromatic carbocycles. The van der Waals surface area contributed by atoms with Gasteiger partial charge < -0.3 is 15.4 Å². The molecule has 1 fully saturated rings. The molecule has 0 aliphatic carbocycles. The van der Waals surface area contributed by atoms with Gasteiger partial charge in [0.05, 0.1) is 23.9 Å². The van der Waals surface area contributed by atoms with Crippen LogP contribution in [0.15, 0.2) is 4.99 Å². The van der Waals surface area contributed by atoms with E-state index in [1.165, 1.54) is 16.3 Å². The first-order valence-electron chi connectivity index (χ1n) is 9.68. The van der Waals surface area contributed by atoms with E-state index in [-0.39, 0.29) is 0 Å². The topological polar surface area (TPSA) is 61.8 Å². The molecule has 1 aromatic heterocycles. The molecule has 0 amide bonds. The maximum Gasteiger partial charge on any atom is 0.191 e. The second-order valence-electron chi connectivity index (χ2n) is 7.31. The van der Waals surface area contributed by atoms with Crippen LogP contribution in [0.1, 0.15) is 35.8 Å². The Kier molecular flexibility index (Phi) is 8.81. The zero-order chi connectivity index (χ0) is 18.9. The summed E-state index contributed by atoms with van der Waals surface area (Å²) >= 11 is 1.79. The molecule has 2 rings (SSSR count). The normalized spacial score (nSPS) is 17.5. The Hall–Kier alpha value is -1.18. The third-order valence-electron chi connectivity index (χ3n) is 4.74. The van der Waals surface area contributed by atoms with Gasteiger partial charge in [0.1, 0.15) is 0 Å². The van der Waals surface area contributed by atoms with Gasteiger partial charge in [-0.2, -0.15) is 0 Å². The number of aromatic nitrogens is 1. The quantitative estimate of drug-likeness (QED) is 0.534. The average molecular weight is 382 g/mol. The molecule has 7 heteroatoms. The number of nitrogens with one attached hydrogen (secondary N) is 2. The Morgan fingerprint density at radius 2 is 2.00 bits per heavy atom. The SMILES string of the molecule is CN=C(NCCc1nc(C)c(C)s1)NCC(CC(C)C)N1CCOCC1. The summed E-state index contributed by atoms with van der Waals surface area (Å²) in [5, 5.41) is 8.12. The minimum Gasteiger partial charge on any atom is -0.379 e. The van der Waals surface area contributed by atoms with Crippen molar-refractivity contribution >= 4 is 17.3 Å². The van der Waals surface area contributed by atoms with Gasteiger partial charge in [0.15, 0.2) is 5.96 Å². The molecule has 0 spiro atoms. The highest BCUT2D eigenvalue weighted by Crippen LogP contribution is 2.16. The molecular weight excluding hydrogens is 346 g/mol. The van der Waals surface area contributed by atoms with Crippen LogP contribution < -0.4 is 10.6 Å². The van der Waals surface area contributed by atoms with E-state index in [9.17, 15) is 0 Å². The number of thiazole rings is 1.